The van der Waals surface area contributed by atoms with Crippen LogP contribution in [0, 0.1) is 10.8 Å². The van der Waals surface area contributed by atoms with E-state index in [-0.39, 0.29) is 9.81 Å². The SMILES string of the molecule is O=C(O)C1(C(=O)O)C=CC(S(=O)(=O)C2=CCC(C(=O)O)(C(=O)O)C=C2)=CC1. The second kappa shape index (κ2) is 6.50. The molecule has 0 aromatic heterocycles. The molecule has 0 heterocycles. The van der Waals surface area contributed by atoms with E-state index in [1.54, 1.807) is 0 Å². The van der Waals surface area contributed by atoms with E-state index < -0.39 is 57.4 Å². The maximum atomic E-state index is 12.6. The second-order valence-corrected chi connectivity index (χ2v) is 7.90. The number of carbonyl (C=O) groups is 4. The smallest absolute Gasteiger partial charge is 0.325 e. The molecule has 11 heteroatoms. The number of aliphatic carboxylic acids is 4. The minimum atomic E-state index is -4.21. The van der Waals surface area contributed by atoms with Gasteiger partial charge >= 0.3 is 23.9 Å². The van der Waals surface area contributed by atoms with Gasteiger partial charge in [-0.15, -0.1) is 0 Å². The summed E-state index contributed by atoms with van der Waals surface area (Å²) >= 11 is 0. The Morgan fingerprint density at radius 3 is 1.19 bits per heavy atom. The molecule has 2 aliphatic rings. The molecule has 0 atom stereocenters. The first-order valence-electron chi connectivity index (χ1n) is 7.37. The molecule has 144 valence electrons. The minimum absolute atomic E-state index is 0.366. The van der Waals surface area contributed by atoms with Crippen molar-refractivity contribution in [3.8, 4) is 0 Å². The van der Waals surface area contributed by atoms with E-state index >= 15 is 0 Å². The van der Waals surface area contributed by atoms with Crippen molar-refractivity contribution < 1.29 is 48.0 Å². The molecule has 0 saturated carbocycles. The number of hydrogen-bond donors (Lipinski definition) is 4. The van der Waals surface area contributed by atoms with Crippen LogP contribution in [0.25, 0.3) is 0 Å². The third-order valence-corrected chi connectivity index (χ3v) is 6.31. The van der Waals surface area contributed by atoms with Crippen molar-refractivity contribution in [3.63, 3.8) is 0 Å². The van der Waals surface area contributed by atoms with Gasteiger partial charge in [-0.05, 0) is 25.0 Å². The number of carboxylic acids is 4. The molecule has 4 N–H and O–H groups in total. The topological polar surface area (TPSA) is 183 Å². The number of carboxylic acid groups (broad SMARTS) is 4. The predicted molar refractivity (Wildman–Crippen MR) is 88.0 cm³/mol. The molecular formula is C16H14O10S. The molecule has 0 fully saturated rings. The highest BCUT2D eigenvalue weighted by molar-refractivity contribution is 7.99. The van der Waals surface area contributed by atoms with Gasteiger partial charge in [0, 0.05) is 0 Å². The summed E-state index contributed by atoms with van der Waals surface area (Å²) in [6.07, 6.45) is 3.91. The van der Waals surface area contributed by atoms with Crippen molar-refractivity contribution in [3.05, 3.63) is 46.3 Å². The summed E-state index contributed by atoms with van der Waals surface area (Å²) in [6.45, 7) is 0. The fourth-order valence-electron chi connectivity index (χ4n) is 2.60. The molecule has 0 aromatic rings. The average molecular weight is 398 g/mol. The molecule has 0 unspecified atom stereocenters. The van der Waals surface area contributed by atoms with Crippen LogP contribution in [0.3, 0.4) is 0 Å². The van der Waals surface area contributed by atoms with Gasteiger partial charge in [0.15, 0.2) is 10.8 Å². The van der Waals surface area contributed by atoms with Crippen LogP contribution in [0.2, 0.25) is 0 Å². The second-order valence-electron chi connectivity index (χ2n) is 5.95. The van der Waals surface area contributed by atoms with Crippen molar-refractivity contribution in [2.24, 2.45) is 10.8 Å². The molecule has 0 spiro atoms. The van der Waals surface area contributed by atoms with Crippen LogP contribution in [0.5, 0.6) is 0 Å². The minimum Gasteiger partial charge on any atom is -0.480 e. The Bertz CT molecular complexity index is 861. The van der Waals surface area contributed by atoms with Gasteiger partial charge < -0.3 is 20.4 Å². The third kappa shape index (κ3) is 3.05. The molecule has 0 saturated heterocycles. The van der Waals surface area contributed by atoms with Gasteiger partial charge in [-0.25, -0.2) is 8.42 Å². The van der Waals surface area contributed by atoms with Crippen LogP contribution in [-0.4, -0.2) is 52.7 Å². The Labute approximate surface area is 152 Å². The molecule has 0 aromatic carbocycles. The van der Waals surface area contributed by atoms with E-state index in [9.17, 15) is 27.6 Å². The van der Waals surface area contributed by atoms with Gasteiger partial charge in [-0.3, -0.25) is 19.2 Å². The fourth-order valence-corrected chi connectivity index (χ4v) is 3.97. The monoisotopic (exact) mass is 398 g/mol. The lowest BCUT2D eigenvalue weighted by Gasteiger charge is -2.25. The van der Waals surface area contributed by atoms with Crippen molar-refractivity contribution in [1.29, 1.82) is 0 Å². The Hall–Kier alpha value is -3.21. The molecule has 27 heavy (non-hydrogen) atoms. The molecule has 0 bridgehead atoms. The number of sulfone groups is 1. The summed E-state index contributed by atoms with van der Waals surface area (Å²) < 4.78 is 25.2. The first-order valence-corrected chi connectivity index (χ1v) is 8.86. The Morgan fingerprint density at radius 1 is 0.704 bits per heavy atom. The largest absolute Gasteiger partial charge is 0.480 e. The van der Waals surface area contributed by atoms with E-state index in [4.69, 9.17) is 20.4 Å². The lowest BCUT2D eigenvalue weighted by molar-refractivity contribution is -0.162. The first kappa shape index (κ1) is 20.1. The van der Waals surface area contributed by atoms with Gasteiger partial charge in [0.05, 0.1) is 9.81 Å². The zero-order valence-corrected chi connectivity index (χ0v) is 14.3. The van der Waals surface area contributed by atoms with E-state index in [0.717, 1.165) is 36.5 Å². The van der Waals surface area contributed by atoms with E-state index in [2.05, 4.69) is 0 Å². The van der Waals surface area contributed by atoms with Gasteiger partial charge in [-0.2, -0.15) is 0 Å². The van der Waals surface area contributed by atoms with Crippen LogP contribution in [-0.2, 0) is 29.0 Å². The maximum Gasteiger partial charge on any atom is 0.325 e. The first-order chi connectivity index (χ1) is 12.4. The Balaban J connectivity index is 2.35. The number of hydrogen-bond acceptors (Lipinski definition) is 6. The Kier molecular flexibility index (Phi) is 4.84. The quantitative estimate of drug-likeness (QED) is 0.457. The number of rotatable bonds is 6. The summed E-state index contributed by atoms with van der Waals surface area (Å²) in [7, 11) is -4.21. The highest BCUT2D eigenvalue weighted by Crippen LogP contribution is 2.37. The zero-order chi connectivity index (χ0) is 20.6. The molecule has 0 aliphatic heterocycles. The summed E-state index contributed by atoms with van der Waals surface area (Å²) in [5.74, 6) is -6.60. The molecular weight excluding hydrogens is 384 g/mol. The lowest BCUT2D eigenvalue weighted by atomic mass is 9.82. The van der Waals surface area contributed by atoms with E-state index in [1.165, 1.54) is 0 Å². The maximum absolute atomic E-state index is 12.6. The molecule has 0 amide bonds. The summed E-state index contributed by atoms with van der Waals surface area (Å²) in [6, 6.07) is 0. The van der Waals surface area contributed by atoms with E-state index in [1.807, 2.05) is 0 Å². The van der Waals surface area contributed by atoms with Crippen molar-refractivity contribution in [2.45, 2.75) is 12.8 Å². The molecule has 10 nitrogen and oxygen atoms in total. The van der Waals surface area contributed by atoms with E-state index in [0.29, 0.717) is 0 Å². The predicted octanol–water partition coefficient (Wildman–Crippen LogP) is 0.400. The van der Waals surface area contributed by atoms with Crippen LogP contribution in [0.1, 0.15) is 12.8 Å². The van der Waals surface area contributed by atoms with Crippen molar-refractivity contribution >= 4 is 33.7 Å². The zero-order valence-electron chi connectivity index (χ0n) is 13.5. The van der Waals surface area contributed by atoms with Crippen molar-refractivity contribution in [2.75, 3.05) is 0 Å². The lowest BCUT2D eigenvalue weighted by Crippen LogP contribution is -2.39. The van der Waals surface area contributed by atoms with Crippen LogP contribution < -0.4 is 0 Å². The molecule has 2 aliphatic carbocycles. The Morgan fingerprint density at radius 2 is 1.00 bits per heavy atom. The van der Waals surface area contributed by atoms with Gasteiger partial charge in [0.25, 0.3) is 0 Å². The highest BCUT2D eigenvalue weighted by atomic mass is 32.2. The summed E-state index contributed by atoms with van der Waals surface area (Å²) in [5, 5.41) is 36.5. The highest BCUT2D eigenvalue weighted by Gasteiger charge is 2.47. The molecule has 0 radical (unpaired) electrons. The summed E-state index contributed by atoms with van der Waals surface area (Å²) in [4.78, 5) is 44.2. The van der Waals surface area contributed by atoms with Crippen LogP contribution >= 0.6 is 0 Å². The normalized spacial score (nSPS) is 20.3. The standard InChI is InChI=1S/C16H14O10S/c17-11(18)15(12(19)20)5-1-9(2-6-15)27(25,26)10-3-7-16(8-4-10,13(21)22)14(23)24/h1-5,7H,6,8H2,(H,17,18)(H,19,20)(H,21,22)(H,23,24). The summed E-state index contributed by atoms with van der Waals surface area (Å²) in [5.41, 5.74) is -4.56. The van der Waals surface area contributed by atoms with Gasteiger partial charge in [-0.1, -0.05) is 24.3 Å². The third-order valence-electron chi connectivity index (χ3n) is 4.46. The average Bonchev–Trinajstić information content (AvgIpc) is 2.61. The van der Waals surface area contributed by atoms with Crippen LogP contribution in [0.15, 0.2) is 46.3 Å². The number of allylic oxidation sites excluding steroid dienone is 4. The van der Waals surface area contributed by atoms with Gasteiger partial charge in [0.1, 0.15) is 0 Å². The van der Waals surface area contributed by atoms with Crippen LogP contribution in [0.4, 0.5) is 0 Å². The van der Waals surface area contributed by atoms with Crippen molar-refractivity contribution in [1.82, 2.24) is 0 Å². The molecule has 2 rings (SSSR count). The van der Waals surface area contributed by atoms with Gasteiger partial charge in [0.2, 0.25) is 9.84 Å². The fraction of sp³-hybridized carbons (Fsp3) is 0.250.